The zero-order valence-electron chi connectivity index (χ0n) is 16.6. The molecule has 156 valence electrons. The highest BCUT2D eigenvalue weighted by atomic mass is 16.5. The van der Waals surface area contributed by atoms with Crippen molar-refractivity contribution in [2.75, 3.05) is 7.11 Å². The molecule has 0 bridgehead atoms. The molecule has 0 fully saturated rings. The summed E-state index contributed by atoms with van der Waals surface area (Å²) in [4.78, 5) is 47.1. The number of carbonyl (C=O) groups excluding carboxylic acids is 4. The van der Waals surface area contributed by atoms with Gasteiger partial charge in [-0.3, -0.25) is 10.1 Å². The van der Waals surface area contributed by atoms with E-state index in [1.54, 1.807) is 24.3 Å². The number of amides is 3. The highest BCUT2D eigenvalue weighted by Crippen LogP contribution is 2.08. The van der Waals surface area contributed by atoms with Crippen molar-refractivity contribution in [3.63, 3.8) is 0 Å². The Morgan fingerprint density at radius 1 is 1.00 bits per heavy atom. The number of rotatable bonds is 7. The summed E-state index contributed by atoms with van der Waals surface area (Å²) in [6.45, 7) is 1.61. The van der Waals surface area contributed by atoms with Crippen LogP contribution in [0.2, 0.25) is 0 Å². The molecule has 0 heterocycles. The number of nitrogens with one attached hydrogen (secondary N) is 2. The van der Waals surface area contributed by atoms with Crippen LogP contribution < -0.4 is 10.6 Å². The topological polar surface area (TPSA) is 111 Å². The lowest BCUT2D eigenvalue weighted by molar-refractivity contribution is -0.149. The number of urea groups is 1. The Bertz CT molecular complexity index is 922. The Labute approximate surface area is 173 Å². The van der Waals surface area contributed by atoms with E-state index in [1.165, 1.54) is 20.1 Å². The lowest BCUT2D eigenvalue weighted by Gasteiger charge is -2.12. The third-order valence-electron chi connectivity index (χ3n) is 3.94. The molecule has 0 aliphatic heterocycles. The van der Waals surface area contributed by atoms with Gasteiger partial charge in [0.05, 0.1) is 12.7 Å². The molecule has 0 spiro atoms. The van der Waals surface area contributed by atoms with E-state index in [9.17, 15) is 19.2 Å². The minimum absolute atomic E-state index is 0.256. The first-order chi connectivity index (χ1) is 14.4. The molecule has 1 atom stereocenters. The monoisotopic (exact) mass is 410 g/mol. The molecule has 2 N–H and O–H groups in total. The van der Waals surface area contributed by atoms with Crippen molar-refractivity contribution in [3.05, 3.63) is 77.4 Å². The first-order valence-corrected chi connectivity index (χ1v) is 9.08. The van der Waals surface area contributed by atoms with E-state index in [2.05, 4.69) is 15.4 Å². The van der Waals surface area contributed by atoms with E-state index in [0.717, 1.165) is 11.6 Å². The van der Waals surface area contributed by atoms with E-state index >= 15 is 0 Å². The van der Waals surface area contributed by atoms with E-state index in [0.29, 0.717) is 11.1 Å². The summed E-state index contributed by atoms with van der Waals surface area (Å²) >= 11 is 0. The zero-order valence-corrected chi connectivity index (χ0v) is 16.6. The van der Waals surface area contributed by atoms with Crippen molar-refractivity contribution in [2.45, 2.75) is 19.6 Å². The number of hydrogen-bond acceptors (Lipinski definition) is 6. The molecule has 2 aromatic rings. The molecule has 0 saturated heterocycles. The standard InChI is InChI=1S/C22H22N2O6/c1-15(20(26)24-22(28)23-14-17-6-4-3-5-7-17)30-19(25)13-10-16-8-11-18(12-9-16)21(27)29-2/h3-13,15H,14H2,1-2H3,(H2,23,24,26,28)/b13-10+. The lowest BCUT2D eigenvalue weighted by Crippen LogP contribution is -2.44. The van der Waals surface area contributed by atoms with Crippen LogP contribution in [0.3, 0.4) is 0 Å². The Balaban J connectivity index is 1.78. The van der Waals surface area contributed by atoms with Gasteiger partial charge in [0.15, 0.2) is 6.10 Å². The minimum Gasteiger partial charge on any atom is -0.465 e. The van der Waals surface area contributed by atoms with Crippen LogP contribution in [0.15, 0.2) is 60.7 Å². The van der Waals surface area contributed by atoms with Gasteiger partial charge in [0.25, 0.3) is 5.91 Å². The Morgan fingerprint density at radius 3 is 2.30 bits per heavy atom. The first-order valence-electron chi connectivity index (χ1n) is 9.08. The van der Waals surface area contributed by atoms with Gasteiger partial charge in [-0.25, -0.2) is 14.4 Å². The van der Waals surface area contributed by atoms with Crippen LogP contribution in [0, 0.1) is 0 Å². The maximum atomic E-state index is 12.0. The van der Waals surface area contributed by atoms with Crippen LogP contribution in [0.25, 0.3) is 6.08 Å². The van der Waals surface area contributed by atoms with Crippen LogP contribution in [0.4, 0.5) is 4.79 Å². The predicted molar refractivity (Wildman–Crippen MR) is 109 cm³/mol. The van der Waals surface area contributed by atoms with Crippen LogP contribution in [-0.2, 0) is 25.6 Å². The third-order valence-corrected chi connectivity index (χ3v) is 3.94. The minimum atomic E-state index is -1.16. The SMILES string of the molecule is COC(=O)c1ccc(/C=C/C(=O)OC(C)C(=O)NC(=O)NCc2ccccc2)cc1. The van der Waals surface area contributed by atoms with E-state index < -0.39 is 30.0 Å². The van der Waals surface area contributed by atoms with Crippen molar-refractivity contribution >= 4 is 30.0 Å². The molecule has 2 aromatic carbocycles. The number of methoxy groups -OCH3 is 1. The van der Waals surface area contributed by atoms with Crippen molar-refractivity contribution < 1.29 is 28.7 Å². The van der Waals surface area contributed by atoms with Gasteiger partial charge in [0.1, 0.15) is 0 Å². The van der Waals surface area contributed by atoms with Gasteiger partial charge in [-0.05, 0) is 36.3 Å². The summed E-state index contributed by atoms with van der Waals surface area (Å²) in [5.41, 5.74) is 1.91. The molecule has 0 aliphatic rings. The van der Waals surface area contributed by atoms with Gasteiger partial charge in [-0.2, -0.15) is 0 Å². The molecule has 0 aromatic heterocycles. The summed E-state index contributed by atoms with van der Waals surface area (Å²) in [7, 11) is 1.29. The lowest BCUT2D eigenvalue weighted by atomic mass is 10.1. The van der Waals surface area contributed by atoms with E-state index in [4.69, 9.17) is 4.74 Å². The number of esters is 2. The second-order valence-corrected chi connectivity index (χ2v) is 6.18. The van der Waals surface area contributed by atoms with E-state index in [-0.39, 0.29) is 6.54 Å². The fourth-order valence-corrected chi connectivity index (χ4v) is 2.32. The predicted octanol–water partition coefficient (Wildman–Crippen LogP) is 2.44. The molecular weight excluding hydrogens is 388 g/mol. The molecule has 30 heavy (non-hydrogen) atoms. The maximum absolute atomic E-state index is 12.0. The molecular formula is C22H22N2O6. The highest BCUT2D eigenvalue weighted by Gasteiger charge is 2.18. The molecule has 1 unspecified atom stereocenters. The number of benzene rings is 2. The first kappa shape index (κ1) is 22.4. The molecule has 0 aliphatic carbocycles. The Kier molecular flexibility index (Phi) is 8.31. The second-order valence-electron chi connectivity index (χ2n) is 6.18. The molecule has 0 radical (unpaired) electrons. The summed E-state index contributed by atoms with van der Waals surface area (Å²) in [6, 6.07) is 14.9. The number of ether oxygens (including phenoxy) is 2. The third kappa shape index (κ3) is 7.23. The van der Waals surface area contributed by atoms with Crippen molar-refractivity contribution in [2.24, 2.45) is 0 Å². The summed E-state index contributed by atoms with van der Waals surface area (Å²) in [5, 5.41) is 4.66. The Morgan fingerprint density at radius 2 is 1.67 bits per heavy atom. The zero-order chi connectivity index (χ0) is 21.9. The van der Waals surface area contributed by atoms with Gasteiger partial charge in [-0.1, -0.05) is 42.5 Å². The maximum Gasteiger partial charge on any atom is 0.337 e. The van der Waals surface area contributed by atoms with Crippen LogP contribution in [0.5, 0.6) is 0 Å². The Hall–Kier alpha value is -3.94. The number of imide groups is 1. The van der Waals surface area contributed by atoms with Crippen molar-refractivity contribution in [1.82, 2.24) is 10.6 Å². The van der Waals surface area contributed by atoms with Crippen LogP contribution >= 0.6 is 0 Å². The second kappa shape index (κ2) is 11.2. The highest BCUT2D eigenvalue weighted by molar-refractivity contribution is 5.98. The van der Waals surface area contributed by atoms with Gasteiger partial charge in [0, 0.05) is 12.6 Å². The average Bonchev–Trinajstić information content (AvgIpc) is 2.76. The molecule has 2 rings (SSSR count). The van der Waals surface area contributed by atoms with Gasteiger partial charge < -0.3 is 14.8 Å². The molecule has 8 heteroatoms. The van der Waals surface area contributed by atoms with Crippen LogP contribution in [-0.4, -0.2) is 37.1 Å². The van der Waals surface area contributed by atoms with Gasteiger partial charge in [-0.15, -0.1) is 0 Å². The summed E-state index contributed by atoms with van der Waals surface area (Å²) in [6.07, 6.45) is 1.46. The normalized spacial score (nSPS) is 11.4. The summed E-state index contributed by atoms with van der Waals surface area (Å²) in [5.74, 6) is -1.96. The fourth-order valence-electron chi connectivity index (χ4n) is 2.32. The quantitative estimate of drug-likeness (QED) is 0.536. The van der Waals surface area contributed by atoms with Crippen molar-refractivity contribution in [3.8, 4) is 0 Å². The average molecular weight is 410 g/mol. The smallest absolute Gasteiger partial charge is 0.337 e. The number of hydrogen-bond donors (Lipinski definition) is 2. The van der Waals surface area contributed by atoms with Gasteiger partial charge in [0.2, 0.25) is 0 Å². The molecule has 3 amide bonds. The van der Waals surface area contributed by atoms with Gasteiger partial charge >= 0.3 is 18.0 Å². The largest absolute Gasteiger partial charge is 0.465 e. The fraction of sp³-hybridized carbons (Fsp3) is 0.182. The summed E-state index contributed by atoms with van der Waals surface area (Å²) < 4.78 is 9.59. The molecule has 8 nitrogen and oxygen atoms in total. The molecule has 0 saturated carbocycles. The van der Waals surface area contributed by atoms with Crippen LogP contribution in [0.1, 0.15) is 28.4 Å². The van der Waals surface area contributed by atoms with E-state index in [1.807, 2.05) is 30.3 Å². The van der Waals surface area contributed by atoms with Crippen molar-refractivity contribution in [1.29, 1.82) is 0 Å². The number of carbonyl (C=O) groups is 4.